The van der Waals surface area contributed by atoms with Crippen LogP contribution in [-0.2, 0) is 129 Å². The topological polar surface area (TPSA) is 277 Å². The molecule has 6 heterocycles. The van der Waals surface area contributed by atoms with Crippen molar-refractivity contribution in [3.05, 3.63) is 24.6 Å². The van der Waals surface area contributed by atoms with Gasteiger partial charge in [-0.1, -0.05) is 0 Å². The molecule has 0 spiro atoms. The van der Waals surface area contributed by atoms with Crippen molar-refractivity contribution in [2.45, 2.75) is 72.5 Å². The summed E-state index contributed by atoms with van der Waals surface area (Å²) in [5.74, 6) is 0. The zero-order valence-corrected chi connectivity index (χ0v) is 62.3. The monoisotopic (exact) mass is 1360 g/mol. The van der Waals surface area contributed by atoms with Crippen molar-refractivity contribution in [2.24, 2.45) is 0 Å². The summed E-state index contributed by atoms with van der Waals surface area (Å²) in [5, 5.41) is 0. The van der Waals surface area contributed by atoms with Crippen LogP contribution in [0.25, 0.3) is 0 Å². The van der Waals surface area contributed by atoms with E-state index in [1.807, 2.05) is 0 Å². The van der Waals surface area contributed by atoms with Gasteiger partial charge in [-0.15, -0.1) is 13.2 Å². The molecule has 0 radical (unpaired) electrons. The molecule has 0 amide bonds. The summed E-state index contributed by atoms with van der Waals surface area (Å²) in [5.41, 5.74) is 2.85. The Kier molecular flexibility index (Phi) is 25.2. The lowest BCUT2D eigenvalue weighted by atomic mass is 10.9. The molecule has 0 atom stereocenters. The van der Waals surface area contributed by atoms with Crippen molar-refractivity contribution >= 4 is 123 Å². The molecule has 6 saturated heterocycles. The predicted molar refractivity (Wildman–Crippen MR) is 298 cm³/mol. The molecule has 0 aromatic heterocycles. The maximum atomic E-state index is 7.79. The van der Waals surface area contributed by atoms with Gasteiger partial charge in [-0.25, -0.2) is 0 Å². The van der Waals surface area contributed by atoms with Gasteiger partial charge in [-0.2, -0.15) is 0 Å². The van der Waals surface area contributed by atoms with E-state index >= 15 is 0 Å². The van der Waals surface area contributed by atoms with E-state index in [9.17, 15) is 0 Å². The van der Waals surface area contributed by atoms with Crippen LogP contribution in [0.3, 0.4) is 0 Å². The van der Waals surface area contributed by atoms with Crippen LogP contribution in [0.5, 0.6) is 0 Å². The third kappa shape index (κ3) is 14.7. The van der Waals surface area contributed by atoms with Crippen LogP contribution in [0.4, 0.5) is 0 Å². The average Bonchev–Trinajstić information content (AvgIpc) is 3.49. The summed E-state index contributed by atoms with van der Waals surface area (Å²) >= 11 is 0. The van der Waals surface area contributed by atoms with Crippen molar-refractivity contribution in [3.63, 3.8) is 0 Å². The summed E-state index contributed by atoms with van der Waals surface area (Å²) in [6, 6.07) is -0.715. The molecule has 78 heavy (non-hydrogen) atoms. The van der Waals surface area contributed by atoms with Crippen LogP contribution in [0.2, 0.25) is 72.5 Å². The minimum absolute atomic E-state index is 0.0191. The van der Waals surface area contributed by atoms with Crippen molar-refractivity contribution in [2.75, 3.05) is 128 Å². The van der Waals surface area contributed by atoms with E-state index in [-0.39, 0.29) is 72.5 Å². The highest BCUT2D eigenvalue weighted by Gasteiger charge is 2.84. The lowest BCUT2D eigenvalue weighted by Crippen LogP contribution is -2.88. The van der Waals surface area contributed by atoms with Gasteiger partial charge < -0.3 is 129 Å². The Morgan fingerprint density at radius 3 is 0.436 bits per heavy atom. The fraction of sp³-hybridized carbons (Fsp3) is 0.882. The fourth-order valence-corrected chi connectivity index (χ4v) is 75.1. The summed E-state index contributed by atoms with van der Waals surface area (Å²) in [4.78, 5) is 0. The third-order valence-corrected chi connectivity index (χ3v) is 68.9. The van der Waals surface area contributed by atoms with Crippen molar-refractivity contribution < 1.29 is 129 Å². The second kappa shape index (κ2) is 28.0. The van der Waals surface area contributed by atoms with E-state index in [1.54, 1.807) is 0 Å². The van der Waals surface area contributed by atoms with Gasteiger partial charge in [-0.3, -0.25) is 0 Å². The van der Waals surface area contributed by atoms with E-state index in [0.717, 1.165) is 0 Å². The quantitative estimate of drug-likeness (QED) is 0.0803. The van der Waals surface area contributed by atoms with Crippen molar-refractivity contribution in [1.82, 2.24) is 0 Å². The molecule has 0 aromatic rings. The maximum Gasteiger partial charge on any atom is 0.506 e. The second-order valence-electron chi connectivity index (χ2n) is 17.7. The molecule has 0 saturated carbocycles. The molecule has 8 bridgehead atoms. The molecule has 6 aliphatic heterocycles. The predicted octanol–water partition coefficient (Wildman–Crippen LogP) is 2.48. The van der Waals surface area contributed by atoms with Crippen LogP contribution in [-0.4, -0.2) is 251 Å². The first-order valence-electron chi connectivity index (χ1n) is 24.6. The first kappa shape index (κ1) is 70.1. The van der Waals surface area contributed by atoms with Crippen LogP contribution >= 0.6 is 0 Å². The van der Waals surface area contributed by atoms with E-state index < -0.39 is 123 Å². The minimum Gasteiger partial charge on any atom is -0.377 e. The zero-order chi connectivity index (χ0) is 58.1. The van der Waals surface area contributed by atoms with Crippen LogP contribution in [0.15, 0.2) is 24.6 Å². The van der Waals surface area contributed by atoms with Gasteiger partial charge >= 0.3 is 123 Å². The summed E-state index contributed by atoms with van der Waals surface area (Å²) in [7, 11) is -33.3. The number of hydrogen-bond acceptors (Lipinski definition) is 30. The first-order chi connectivity index (χ1) is 36.9. The Bertz CT molecular complexity index is 1530. The molecular weight excluding hydrogens is 1280 g/mol. The van der Waals surface area contributed by atoms with Crippen molar-refractivity contribution in [3.8, 4) is 0 Å². The van der Waals surface area contributed by atoms with Gasteiger partial charge in [0.1, 0.15) is 0 Å². The average molecular weight is 1370 g/mol. The molecule has 6 aliphatic rings. The van der Waals surface area contributed by atoms with Gasteiger partial charge in [0.15, 0.2) is 0 Å². The highest BCUT2D eigenvalue weighted by Crippen LogP contribution is 2.55. The van der Waals surface area contributed by atoms with Crippen LogP contribution < -0.4 is 0 Å². The molecule has 0 aromatic carbocycles. The molecular formula is C34H84O30Si14. The number of hydrogen-bond donors (Lipinski definition) is 0. The molecule has 44 heteroatoms. The van der Waals surface area contributed by atoms with E-state index in [1.165, 1.54) is 139 Å². The molecule has 0 N–H and O–H groups in total. The SMILES string of the molecule is C=C[Si]12O[Si]3(CC[Si](OC)(OC)OC)O[Si]4(CC[Si](OC)(OC)OC)O[Si]5(C=C)O[Si](CC[Si](OC)(OC)OC)(O3)O[Si](CC[Si](OC)(OC)OC)(O1)O[Si](CC[Si](OC)(OC)OC)(O5)O[Si](CC[Si](OC)(OC)OC)(O2)O4. The third-order valence-electron chi connectivity index (χ3n) is 14.2. The molecule has 0 aliphatic carbocycles. The minimum atomic E-state index is -4.82. The lowest BCUT2D eigenvalue weighted by Gasteiger charge is -2.63. The van der Waals surface area contributed by atoms with E-state index in [0.29, 0.717) is 0 Å². The molecule has 6 fully saturated rings. The molecule has 0 unspecified atom stereocenters. The summed E-state index contributed by atoms with van der Waals surface area (Å²) in [6.45, 7) is 8.68. The van der Waals surface area contributed by atoms with Gasteiger partial charge in [0.25, 0.3) is 0 Å². The lowest BCUT2D eigenvalue weighted by molar-refractivity contribution is -0.0255. The molecule has 456 valence electrons. The Balaban J connectivity index is 2.04. The fourth-order valence-electron chi connectivity index (χ4n) is 9.56. The Labute approximate surface area is 474 Å². The second-order valence-corrected chi connectivity index (χ2v) is 60.5. The van der Waals surface area contributed by atoms with Crippen molar-refractivity contribution in [1.29, 1.82) is 0 Å². The maximum absolute atomic E-state index is 7.79. The van der Waals surface area contributed by atoms with E-state index in [4.69, 9.17) is 129 Å². The van der Waals surface area contributed by atoms with E-state index in [2.05, 4.69) is 13.2 Å². The first-order valence-corrected chi connectivity index (χ1v) is 51.3. The number of rotatable bonds is 38. The van der Waals surface area contributed by atoms with Crippen LogP contribution in [0.1, 0.15) is 0 Å². The van der Waals surface area contributed by atoms with Gasteiger partial charge in [0, 0.05) is 201 Å². The smallest absolute Gasteiger partial charge is 0.377 e. The standard InChI is InChI=1S/C34H84O30Si14/c1-21-65-53-73(29-23-67(35-3,36-4)37-5)59-76(32-26-70(44-12,45-13)46-14)56-66(22-2)57-77(60-73,33-27-71(47-15,48-16)49-17)62-75(55-65,31-25-69(41-9,42-10)43-11)64-78(58-66,34-28-72(50-18,51-19)52-20)63-74(54-65,61-76)30-24-68(38-6,39-7)40-8/h21-22H,1-2,23-34H2,3-20H3. The Hall–Kier alpha value is 1.32. The summed E-state index contributed by atoms with van der Waals surface area (Å²) in [6.07, 6.45) is 0. The molecule has 6 rings (SSSR count). The Morgan fingerprint density at radius 2 is 0.346 bits per heavy atom. The Morgan fingerprint density at radius 1 is 0.231 bits per heavy atom. The highest BCUT2D eigenvalue weighted by atomic mass is 28.6. The van der Waals surface area contributed by atoms with Gasteiger partial charge in [-0.05, 0) is 11.4 Å². The van der Waals surface area contributed by atoms with Gasteiger partial charge in [0.2, 0.25) is 0 Å². The largest absolute Gasteiger partial charge is 0.506 e. The highest BCUT2D eigenvalue weighted by molar-refractivity contribution is 7.05. The summed E-state index contributed by atoms with van der Waals surface area (Å²) < 4.78 is 201. The van der Waals surface area contributed by atoms with Gasteiger partial charge in [0.05, 0.1) is 0 Å². The van der Waals surface area contributed by atoms with Crippen LogP contribution in [0, 0.1) is 0 Å². The molecule has 30 nitrogen and oxygen atoms in total. The zero-order valence-electron chi connectivity index (χ0n) is 48.3. The normalized spacial score (nSPS) is 32.6.